The molecule has 0 bridgehead atoms. The van der Waals surface area contributed by atoms with Gasteiger partial charge < -0.3 is 15.2 Å². The Balaban J connectivity index is 2.73. The zero-order chi connectivity index (χ0) is 16.8. The number of nitrogens with one attached hydrogen (secondary N) is 1. The Morgan fingerprint density at radius 1 is 1.27 bits per heavy atom. The summed E-state index contributed by atoms with van der Waals surface area (Å²) in [6.45, 7) is 6.82. The number of aliphatic hydroxyl groups is 1. The first-order valence-electron chi connectivity index (χ1n) is 7.21. The summed E-state index contributed by atoms with van der Waals surface area (Å²) >= 11 is 0. The molecule has 0 aliphatic rings. The van der Waals surface area contributed by atoms with Crippen molar-refractivity contribution in [1.82, 2.24) is 5.32 Å². The molecule has 0 saturated carbocycles. The topological polar surface area (TPSA) is 78.9 Å². The minimum absolute atomic E-state index is 0.136. The first-order valence-corrected chi connectivity index (χ1v) is 7.21. The maximum atomic E-state index is 12.3. The maximum absolute atomic E-state index is 12.3. The number of nitrogens with zero attached hydrogens (tertiary/aromatic N) is 1. The van der Waals surface area contributed by atoms with Gasteiger partial charge in [0.15, 0.2) is 0 Å². The van der Waals surface area contributed by atoms with Gasteiger partial charge in [-0.3, -0.25) is 4.90 Å². The van der Waals surface area contributed by atoms with E-state index >= 15 is 0 Å². The third-order valence-electron chi connectivity index (χ3n) is 2.74. The Morgan fingerprint density at radius 2 is 1.86 bits per heavy atom. The second kappa shape index (κ2) is 7.79. The van der Waals surface area contributed by atoms with Crippen molar-refractivity contribution in [3.8, 4) is 0 Å². The summed E-state index contributed by atoms with van der Waals surface area (Å²) < 4.78 is 5.22. The van der Waals surface area contributed by atoms with Gasteiger partial charge in [0.2, 0.25) is 0 Å². The van der Waals surface area contributed by atoms with E-state index in [1.807, 2.05) is 6.07 Å². The molecule has 1 atom stereocenters. The van der Waals surface area contributed by atoms with Crippen LogP contribution >= 0.6 is 0 Å². The van der Waals surface area contributed by atoms with Gasteiger partial charge in [0.1, 0.15) is 11.6 Å². The van der Waals surface area contributed by atoms with Gasteiger partial charge in [-0.2, -0.15) is 0 Å². The third-order valence-corrected chi connectivity index (χ3v) is 2.74. The van der Waals surface area contributed by atoms with Crippen molar-refractivity contribution in [2.45, 2.75) is 39.3 Å². The monoisotopic (exact) mass is 308 g/mol. The number of amides is 2. The standard InChI is InChI=1S/C16H24N2O4/c1-12(14(20)22-16(2,3)4)17-15(21)18(10-11-19)13-8-6-5-7-9-13/h5-9,12,19H,10-11H2,1-4H3,(H,17,21)/t12-/m0/s1. The molecule has 0 fully saturated rings. The molecule has 0 aromatic heterocycles. The molecular weight excluding hydrogens is 284 g/mol. The zero-order valence-corrected chi connectivity index (χ0v) is 13.5. The van der Waals surface area contributed by atoms with Crippen LogP contribution in [0.15, 0.2) is 30.3 Å². The molecule has 22 heavy (non-hydrogen) atoms. The van der Waals surface area contributed by atoms with Crippen LogP contribution in [0.2, 0.25) is 0 Å². The van der Waals surface area contributed by atoms with E-state index in [9.17, 15) is 9.59 Å². The number of para-hydroxylation sites is 1. The quantitative estimate of drug-likeness (QED) is 0.815. The number of anilines is 1. The lowest BCUT2D eigenvalue weighted by Crippen LogP contribution is -2.49. The molecule has 1 aromatic carbocycles. The zero-order valence-electron chi connectivity index (χ0n) is 13.5. The highest BCUT2D eigenvalue weighted by molar-refractivity contribution is 5.94. The summed E-state index contributed by atoms with van der Waals surface area (Å²) in [7, 11) is 0. The minimum Gasteiger partial charge on any atom is -0.458 e. The fourth-order valence-corrected chi connectivity index (χ4v) is 1.77. The summed E-state index contributed by atoms with van der Waals surface area (Å²) in [4.78, 5) is 25.6. The van der Waals surface area contributed by atoms with Crippen LogP contribution in [0.4, 0.5) is 10.5 Å². The number of rotatable bonds is 5. The third kappa shape index (κ3) is 5.73. The number of benzene rings is 1. The smallest absolute Gasteiger partial charge is 0.328 e. The molecule has 0 saturated heterocycles. The highest BCUT2D eigenvalue weighted by Crippen LogP contribution is 2.13. The van der Waals surface area contributed by atoms with Gasteiger partial charge in [-0.15, -0.1) is 0 Å². The van der Waals surface area contributed by atoms with Gasteiger partial charge in [0, 0.05) is 5.69 Å². The molecule has 122 valence electrons. The fourth-order valence-electron chi connectivity index (χ4n) is 1.77. The van der Waals surface area contributed by atoms with Gasteiger partial charge in [-0.05, 0) is 39.8 Å². The average Bonchev–Trinajstić information content (AvgIpc) is 2.43. The number of ether oxygens (including phenoxy) is 1. The molecule has 1 aromatic rings. The highest BCUT2D eigenvalue weighted by atomic mass is 16.6. The van der Waals surface area contributed by atoms with Gasteiger partial charge in [-0.1, -0.05) is 18.2 Å². The lowest BCUT2D eigenvalue weighted by molar-refractivity contribution is -0.156. The summed E-state index contributed by atoms with van der Waals surface area (Å²) in [5.41, 5.74) is 0.0331. The number of urea groups is 1. The van der Waals surface area contributed by atoms with Crippen molar-refractivity contribution in [1.29, 1.82) is 0 Å². The van der Waals surface area contributed by atoms with Crippen molar-refractivity contribution < 1.29 is 19.4 Å². The average molecular weight is 308 g/mol. The Bertz CT molecular complexity index is 497. The lowest BCUT2D eigenvalue weighted by Gasteiger charge is -2.26. The van der Waals surface area contributed by atoms with E-state index in [4.69, 9.17) is 9.84 Å². The summed E-state index contributed by atoms with van der Waals surface area (Å²) in [6, 6.07) is 7.70. The number of hydrogen-bond acceptors (Lipinski definition) is 4. The lowest BCUT2D eigenvalue weighted by atomic mass is 10.2. The Hall–Kier alpha value is -2.08. The van der Waals surface area contributed by atoms with Crippen molar-refractivity contribution in [2.24, 2.45) is 0 Å². The van der Waals surface area contributed by atoms with Crippen LogP contribution in [0.25, 0.3) is 0 Å². The van der Waals surface area contributed by atoms with Crippen LogP contribution in [0.5, 0.6) is 0 Å². The fraction of sp³-hybridized carbons (Fsp3) is 0.500. The molecule has 0 spiro atoms. The van der Waals surface area contributed by atoms with Crippen molar-refractivity contribution in [2.75, 3.05) is 18.1 Å². The molecule has 2 N–H and O–H groups in total. The Kier molecular flexibility index (Phi) is 6.37. The predicted molar refractivity (Wildman–Crippen MR) is 84.7 cm³/mol. The van der Waals surface area contributed by atoms with Gasteiger partial charge >= 0.3 is 12.0 Å². The van der Waals surface area contributed by atoms with E-state index in [-0.39, 0.29) is 13.2 Å². The molecule has 6 nitrogen and oxygen atoms in total. The second-order valence-electron chi connectivity index (χ2n) is 5.92. The van der Waals surface area contributed by atoms with Crippen LogP contribution in [0.3, 0.4) is 0 Å². The van der Waals surface area contributed by atoms with E-state index in [1.165, 1.54) is 4.90 Å². The van der Waals surface area contributed by atoms with E-state index in [2.05, 4.69) is 5.32 Å². The van der Waals surface area contributed by atoms with Crippen LogP contribution in [-0.4, -0.2) is 41.9 Å². The summed E-state index contributed by atoms with van der Waals surface area (Å²) in [6.07, 6.45) is 0. The normalized spacial score (nSPS) is 12.4. The Labute approximate surface area is 131 Å². The minimum atomic E-state index is -0.781. The molecule has 0 aliphatic heterocycles. The van der Waals surface area contributed by atoms with E-state index < -0.39 is 23.6 Å². The molecule has 2 amide bonds. The number of aliphatic hydroxyl groups excluding tert-OH is 1. The SMILES string of the molecule is C[C@H](NC(=O)N(CCO)c1ccccc1)C(=O)OC(C)(C)C. The van der Waals surface area contributed by atoms with Gasteiger partial charge in [0.25, 0.3) is 0 Å². The van der Waals surface area contributed by atoms with E-state index in [1.54, 1.807) is 52.0 Å². The summed E-state index contributed by atoms with van der Waals surface area (Å²) in [5.74, 6) is -0.502. The molecule has 0 radical (unpaired) electrons. The number of carbonyl (C=O) groups excluding carboxylic acids is 2. The molecule has 0 unspecified atom stereocenters. The number of hydrogen-bond donors (Lipinski definition) is 2. The van der Waals surface area contributed by atoms with E-state index in [0.29, 0.717) is 5.69 Å². The molecule has 1 rings (SSSR count). The van der Waals surface area contributed by atoms with Crippen LogP contribution in [-0.2, 0) is 9.53 Å². The largest absolute Gasteiger partial charge is 0.458 e. The molecule has 0 heterocycles. The first kappa shape index (κ1) is 18.0. The highest BCUT2D eigenvalue weighted by Gasteiger charge is 2.25. The van der Waals surface area contributed by atoms with Crippen LogP contribution < -0.4 is 10.2 Å². The molecule has 0 aliphatic carbocycles. The summed E-state index contributed by atoms with van der Waals surface area (Å²) in [5, 5.41) is 11.7. The van der Waals surface area contributed by atoms with Crippen molar-refractivity contribution >= 4 is 17.7 Å². The van der Waals surface area contributed by atoms with Gasteiger partial charge in [-0.25, -0.2) is 9.59 Å². The van der Waals surface area contributed by atoms with Crippen molar-refractivity contribution in [3.05, 3.63) is 30.3 Å². The van der Waals surface area contributed by atoms with Crippen LogP contribution in [0, 0.1) is 0 Å². The predicted octanol–water partition coefficient (Wildman–Crippen LogP) is 1.93. The van der Waals surface area contributed by atoms with E-state index in [0.717, 1.165) is 0 Å². The van der Waals surface area contributed by atoms with Gasteiger partial charge in [0.05, 0.1) is 13.2 Å². The molecule has 6 heteroatoms. The number of carbonyl (C=O) groups is 2. The maximum Gasteiger partial charge on any atom is 0.328 e. The number of esters is 1. The second-order valence-corrected chi connectivity index (χ2v) is 5.92. The first-order chi connectivity index (χ1) is 10.2. The van der Waals surface area contributed by atoms with Crippen molar-refractivity contribution in [3.63, 3.8) is 0 Å². The Morgan fingerprint density at radius 3 is 2.36 bits per heavy atom. The molecular formula is C16H24N2O4. The van der Waals surface area contributed by atoms with Crippen LogP contribution in [0.1, 0.15) is 27.7 Å².